The van der Waals surface area contributed by atoms with Gasteiger partial charge in [0.05, 0.1) is 14.2 Å². The van der Waals surface area contributed by atoms with Crippen molar-refractivity contribution >= 4 is 28.6 Å². The number of carbonyl (C=O) groups excluding carboxylic acids is 1. The van der Waals surface area contributed by atoms with Crippen LogP contribution in [0.2, 0.25) is 0 Å². The van der Waals surface area contributed by atoms with E-state index in [1.165, 1.54) is 26.4 Å². The molecule has 4 heterocycles. The van der Waals surface area contributed by atoms with Gasteiger partial charge in [-0.2, -0.15) is 4.98 Å². The highest BCUT2D eigenvalue weighted by Gasteiger charge is 2.42. The Balaban J connectivity index is 1.37. The van der Waals surface area contributed by atoms with E-state index in [1.54, 1.807) is 18.2 Å². The zero-order valence-electron chi connectivity index (χ0n) is 21.7. The average Bonchev–Trinajstić information content (AvgIpc) is 2.93. The van der Waals surface area contributed by atoms with Gasteiger partial charge in [0.25, 0.3) is 0 Å². The van der Waals surface area contributed by atoms with Crippen molar-refractivity contribution in [2.45, 2.75) is 44.3 Å². The summed E-state index contributed by atoms with van der Waals surface area (Å²) in [6, 6.07) is 7.56. The summed E-state index contributed by atoms with van der Waals surface area (Å²) in [5.41, 5.74) is 7.17. The van der Waals surface area contributed by atoms with Gasteiger partial charge in [-0.1, -0.05) is 19.1 Å². The van der Waals surface area contributed by atoms with Crippen LogP contribution in [-0.2, 0) is 4.79 Å². The number of nitrogens with one attached hydrogen (secondary N) is 1. The molecule has 6 rings (SSSR count). The van der Waals surface area contributed by atoms with E-state index in [4.69, 9.17) is 15.2 Å². The van der Waals surface area contributed by atoms with E-state index >= 15 is 4.39 Å². The van der Waals surface area contributed by atoms with Crippen LogP contribution in [0.15, 0.2) is 30.3 Å². The Labute approximate surface area is 219 Å². The number of aromatic nitrogens is 2. The third-order valence-corrected chi connectivity index (χ3v) is 7.50. The van der Waals surface area contributed by atoms with Crippen LogP contribution >= 0.6 is 0 Å². The summed E-state index contributed by atoms with van der Waals surface area (Å²) in [7, 11) is 2.79. The molecule has 1 amide bonds. The maximum atomic E-state index is 15.3. The van der Waals surface area contributed by atoms with Gasteiger partial charge < -0.3 is 30.3 Å². The first-order chi connectivity index (χ1) is 18.3. The number of carbonyl (C=O) groups is 1. The molecular weight excluding hydrogens is 494 g/mol. The van der Waals surface area contributed by atoms with Gasteiger partial charge in [0.15, 0.2) is 17.3 Å². The van der Waals surface area contributed by atoms with Crippen molar-refractivity contribution in [2.75, 3.05) is 44.5 Å². The molecule has 3 N–H and O–H groups in total. The van der Waals surface area contributed by atoms with E-state index in [-0.39, 0.29) is 59.1 Å². The maximum absolute atomic E-state index is 15.3. The van der Waals surface area contributed by atoms with Crippen LogP contribution < -0.4 is 25.4 Å². The SMILES string of the molecule is CCN[C@H](CC(=O)N1CC2CCC1CN2c1nc(N)c2cc(OC)c(OC)c(F)c2n1)c1ccc(F)cc1. The molecule has 0 aliphatic carbocycles. The molecule has 3 aliphatic rings. The van der Waals surface area contributed by atoms with Gasteiger partial charge in [-0.25, -0.2) is 13.8 Å². The van der Waals surface area contributed by atoms with Crippen LogP contribution in [0.4, 0.5) is 20.5 Å². The van der Waals surface area contributed by atoms with Gasteiger partial charge in [-0.05, 0) is 43.1 Å². The number of hydrogen-bond donors (Lipinski definition) is 2. The molecule has 1 aromatic heterocycles. The lowest BCUT2D eigenvalue weighted by Gasteiger charge is -2.51. The fourth-order valence-corrected chi connectivity index (χ4v) is 5.59. The summed E-state index contributed by atoms with van der Waals surface area (Å²) >= 11 is 0. The smallest absolute Gasteiger partial charge is 0.228 e. The minimum atomic E-state index is -0.661. The normalized spacial score (nSPS) is 19.6. The summed E-state index contributed by atoms with van der Waals surface area (Å²) in [6.45, 7) is 3.70. The number of hydrogen-bond acceptors (Lipinski definition) is 8. The second-order valence-electron chi connectivity index (χ2n) is 9.68. The lowest BCUT2D eigenvalue weighted by Crippen LogP contribution is -2.64. The number of halogens is 2. The number of rotatable bonds is 8. The molecule has 2 unspecified atom stereocenters. The number of methoxy groups -OCH3 is 2. The van der Waals surface area contributed by atoms with Crippen LogP contribution in [0, 0.1) is 11.6 Å². The number of amides is 1. The molecule has 38 heavy (non-hydrogen) atoms. The number of benzene rings is 2. The average molecular weight is 527 g/mol. The third kappa shape index (κ3) is 4.66. The lowest BCUT2D eigenvalue weighted by atomic mass is 9.90. The van der Waals surface area contributed by atoms with Crippen LogP contribution in [0.3, 0.4) is 0 Å². The maximum Gasteiger partial charge on any atom is 0.228 e. The highest BCUT2D eigenvalue weighted by molar-refractivity contribution is 5.92. The monoisotopic (exact) mass is 526 g/mol. The number of ether oxygens (including phenoxy) is 2. The number of nitrogen functional groups attached to an aromatic ring is 1. The number of anilines is 2. The number of piperidine rings is 2. The van der Waals surface area contributed by atoms with Crippen molar-refractivity contribution < 1.29 is 23.0 Å². The third-order valence-electron chi connectivity index (χ3n) is 7.50. The molecule has 9 nitrogen and oxygen atoms in total. The number of piperazine rings is 1. The minimum Gasteiger partial charge on any atom is -0.493 e. The van der Waals surface area contributed by atoms with Crippen LogP contribution in [0.5, 0.6) is 11.5 Å². The largest absolute Gasteiger partial charge is 0.493 e. The molecule has 3 aromatic rings. The van der Waals surface area contributed by atoms with Crippen LogP contribution in [0.1, 0.15) is 37.8 Å². The second kappa shape index (κ2) is 10.6. The molecule has 3 atom stereocenters. The standard InChI is InChI=1S/C27H32F2N6O3/c1-4-31-20(15-5-7-16(28)8-6-15)12-22(36)34-13-18-10-9-17(34)14-35(18)27-32-24-19(26(30)33-27)11-21(37-2)25(38-3)23(24)29/h5-8,11,17-18,20,31H,4,9-10,12-14H2,1-3H3,(H2,30,32,33)/t17?,18?,20-/m1/s1. The zero-order chi connectivity index (χ0) is 27.0. The molecule has 11 heteroatoms. The first-order valence-electron chi connectivity index (χ1n) is 12.8. The van der Waals surface area contributed by atoms with Gasteiger partial charge in [-0.3, -0.25) is 4.79 Å². The Hall–Kier alpha value is -3.73. The molecule has 0 saturated carbocycles. The highest BCUT2D eigenvalue weighted by Crippen LogP contribution is 2.39. The summed E-state index contributed by atoms with van der Waals surface area (Å²) in [5, 5.41) is 3.69. The summed E-state index contributed by atoms with van der Waals surface area (Å²) in [4.78, 5) is 26.4. The van der Waals surface area contributed by atoms with Crippen molar-refractivity contribution in [3.63, 3.8) is 0 Å². The summed E-state index contributed by atoms with van der Waals surface area (Å²) in [6.07, 6.45) is 1.99. The van der Waals surface area contributed by atoms with Crippen molar-refractivity contribution in [1.82, 2.24) is 20.2 Å². The molecule has 202 valence electrons. The lowest BCUT2D eigenvalue weighted by molar-refractivity contribution is -0.137. The van der Waals surface area contributed by atoms with E-state index in [2.05, 4.69) is 15.3 Å². The highest BCUT2D eigenvalue weighted by atomic mass is 19.1. The Kier molecular flexibility index (Phi) is 7.20. The van der Waals surface area contributed by atoms with E-state index < -0.39 is 5.82 Å². The molecule has 3 saturated heterocycles. The molecule has 3 fully saturated rings. The fraction of sp³-hybridized carbons (Fsp3) is 0.444. The van der Waals surface area contributed by atoms with Crippen molar-refractivity contribution in [1.29, 1.82) is 0 Å². The predicted molar refractivity (Wildman–Crippen MR) is 140 cm³/mol. The second-order valence-corrected chi connectivity index (χ2v) is 9.68. The first kappa shape index (κ1) is 25.9. The van der Waals surface area contributed by atoms with E-state index in [0.29, 0.717) is 31.0 Å². The van der Waals surface area contributed by atoms with Crippen molar-refractivity contribution in [3.8, 4) is 11.5 Å². The molecule has 3 aliphatic heterocycles. The van der Waals surface area contributed by atoms with E-state index in [9.17, 15) is 9.18 Å². The topological polar surface area (TPSA) is 106 Å². The quantitative estimate of drug-likeness (QED) is 0.460. The molecule has 2 bridgehead atoms. The Morgan fingerprint density at radius 3 is 2.50 bits per heavy atom. The molecule has 0 radical (unpaired) electrons. The molecule has 0 spiro atoms. The summed E-state index contributed by atoms with van der Waals surface area (Å²) < 4.78 is 39.1. The molecular formula is C27H32F2N6O3. The first-order valence-corrected chi connectivity index (χ1v) is 12.8. The van der Waals surface area contributed by atoms with Crippen LogP contribution in [-0.4, -0.2) is 66.7 Å². The summed E-state index contributed by atoms with van der Waals surface area (Å²) in [5.74, 6) is -0.284. The molecule has 2 aromatic carbocycles. The van der Waals surface area contributed by atoms with E-state index in [1.807, 2.05) is 16.7 Å². The number of fused-ring (bicyclic) bond motifs is 4. The van der Waals surface area contributed by atoms with Crippen molar-refractivity contribution in [2.24, 2.45) is 0 Å². The van der Waals surface area contributed by atoms with Crippen LogP contribution in [0.25, 0.3) is 10.9 Å². The number of nitrogens with zero attached hydrogens (tertiary/aromatic N) is 4. The predicted octanol–water partition coefficient (Wildman–Crippen LogP) is 3.43. The van der Waals surface area contributed by atoms with Gasteiger partial charge in [-0.15, -0.1) is 0 Å². The van der Waals surface area contributed by atoms with E-state index in [0.717, 1.165) is 18.4 Å². The Morgan fingerprint density at radius 1 is 1.13 bits per heavy atom. The van der Waals surface area contributed by atoms with Gasteiger partial charge in [0, 0.05) is 43.0 Å². The van der Waals surface area contributed by atoms with Gasteiger partial charge in [0.2, 0.25) is 11.9 Å². The fourth-order valence-electron chi connectivity index (χ4n) is 5.59. The Morgan fingerprint density at radius 2 is 1.87 bits per heavy atom. The number of nitrogens with two attached hydrogens (primary N) is 1. The zero-order valence-corrected chi connectivity index (χ0v) is 21.7. The minimum absolute atomic E-state index is 0.0209. The van der Waals surface area contributed by atoms with Gasteiger partial charge in [0.1, 0.15) is 17.2 Å². The Bertz CT molecular complexity index is 1340. The van der Waals surface area contributed by atoms with Crippen molar-refractivity contribution in [3.05, 3.63) is 47.5 Å². The van der Waals surface area contributed by atoms with Gasteiger partial charge >= 0.3 is 0 Å².